The van der Waals surface area contributed by atoms with Crippen LogP contribution in [-0.2, 0) is 0 Å². The van der Waals surface area contributed by atoms with Gasteiger partial charge in [0.2, 0.25) is 0 Å². The first-order chi connectivity index (χ1) is 13.1. The summed E-state index contributed by atoms with van der Waals surface area (Å²) in [6.07, 6.45) is 3.23. The third kappa shape index (κ3) is 4.08. The van der Waals surface area contributed by atoms with Crippen LogP contribution in [0.3, 0.4) is 0 Å². The van der Waals surface area contributed by atoms with Crippen LogP contribution in [0.1, 0.15) is 12.8 Å². The lowest BCUT2D eigenvalue weighted by Crippen LogP contribution is -2.38. The summed E-state index contributed by atoms with van der Waals surface area (Å²) >= 11 is 12.1. The molecule has 6 heteroatoms. The van der Waals surface area contributed by atoms with E-state index in [2.05, 4.69) is 4.90 Å². The number of halogens is 2. The van der Waals surface area contributed by atoms with Gasteiger partial charge in [-0.3, -0.25) is 4.98 Å². The van der Waals surface area contributed by atoms with E-state index in [1.807, 2.05) is 48.5 Å². The third-order valence-electron chi connectivity index (χ3n) is 4.72. The SMILES string of the molecule is OC1CCCN(c2cnc(-c3ccc(Cl)cc3)c(-c3ccc(Cl)cc3)n2)C1. The van der Waals surface area contributed by atoms with Gasteiger partial charge in [-0.2, -0.15) is 0 Å². The van der Waals surface area contributed by atoms with Crippen molar-refractivity contribution in [1.29, 1.82) is 0 Å². The van der Waals surface area contributed by atoms with Gasteiger partial charge in [0.1, 0.15) is 5.82 Å². The van der Waals surface area contributed by atoms with Crippen LogP contribution in [0.25, 0.3) is 22.5 Å². The van der Waals surface area contributed by atoms with Gasteiger partial charge in [0.25, 0.3) is 0 Å². The predicted octanol–water partition coefficient (Wildman–Crippen LogP) is 5.08. The Kier molecular flexibility index (Phi) is 5.30. The Bertz CT molecular complexity index is 929. The summed E-state index contributed by atoms with van der Waals surface area (Å²) in [4.78, 5) is 11.7. The van der Waals surface area contributed by atoms with Crippen LogP contribution in [0.15, 0.2) is 54.7 Å². The van der Waals surface area contributed by atoms with E-state index in [1.54, 1.807) is 6.20 Å². The van der Waals surface area contributed by atoms with E-state index in [4.69, 9.17) is 33.2 Å². The maximum Gasteiger partial charge on any atom is 0.147 e. The highest BCUT2D eigenvalue weighted by molar-refractivity contribution is 6.31. The number of β-amino-alcohol motifs (C(OH)–C–C–N with tert-alkyl or cyclic N) is 1. The molecule has 1 aliphatic rings. The molecule has 1 saturated heterocycles. The quantitative estimate of drug-likeness (QED) is 0.666. The molecule has 4 rings (SSSR count). The average Bonchev–Trinajstić information content (AvgIpc) is 2.69. The molecule has 1 aliphatic heterocycles. The van der Waals surface area contributed by atoms with Gasteiger partial charge in [-0.25, -0.2) is 4.98 Å². The number of rotatable bonds is 3. The summed E-state index contributed by atoms with van der Waals surface area (Å²) in [6, 6.07) is 15.2. The van der Waals surface area contributed by atoms with E-state index in [0.717, 1.165) is 47.7 Å². The first kappa shape index (κ1) is 18.2. The lowest BCUT2D eigenvalue weighted by Gasteiger charge is -2.31. The second-order valence-corrected chi connectivity index (χ2v) is 7.55. The van der Waals surface area contributed by atoms with Crippen molar-refractivity contribution in [3.8, 4) is 22.5 Å². The zero-order valence-corrected chi connectivity index (χ0v) is 16.2. The largest absolute Gasteiger partial charge is 0.391 e. The van der Waals surface area contributed by atoms with E-state index in [9.17, 15) is 5.11 Å². The van der Waals surface area contributed by atoms with Crippen molar-refractivity contribution in [3.05, 3.63) is 64.8 Å². The smallest absolute Gasteiger partial charge is 0.147 e. The maximum atomic E-state index is 10.00. The summed E-state index contributed by atoms with van der Waals surface area (Å²) in [5.74, 6) is 0.774. The fraction of sp³-hybridized carbons (Fsp3) is 0.238. The van der Waals surface area contributed by atoms with Gasteiger partial charge >= 0.3 is 0 Å². The minimum absolute atomic E-state index is 0.324. The normalized spacial score (nSPS) is 17.1. The fourth-order valence-corrected chi connectivity index (χ4v) is 3.57. The van der Waals surface area contributed by atoms with Crippen LogP contribution < -0.4 is 4.90 Å². The Morgan fingerprint density at radius 3 is 2.07 bits per heavy atom. The highest BCUT2D eigenvalue weighted by atomic mass is 35.5. The minimum atomic E-state index is -0.324. The van der Waals surface area contributed by atoms with Gasteiger partial charge in [0.15, 0.2) is 0 Å². The number of nitrogens with zero attached hydrogens (tertiary/aromatic N) is 3. The molecule has 4 nitrogen and oxygen atoms in total. The van der Waals surface area contributed by atoms with E-state index in [1.165, 1.54) is 0 Å². The second-order valence-electron chi connectivity index (χ2n) is 6.68. The summed E-state index contributed by atoms with van der Waals surface area (Å²) in [5, 5.41) is 11.4. The average molecular weight is 400 g/mol. The van der Waals surface area contributed by atoms with E-state index < -0.39 is 0 Å². The third-order valence-corrected chi connectivity index (χ3v) is 5.22. The molecule has 1 fully saturated rings. The van der Waals surface area contributed by atoms with Crippen molar-refractivity contribution in [3.63, 3.8) is 0 Å². The summed E-state index contributed by atoms with van der Waals surface area (Å²) in [6.45, 7) is 1.45. The number of hydrogen-bond donors (Lipinski definition) is 1. The molecule has 27 heavy (non-hydrogen) atoms. The van der Waals surface area contributed by atoms with Crippen molar-refractivity contribution < 1.29 is 5.11 Å². The van der Waals surface area contributed by atoms with E-state index >= 15 is 0 Å². The molecule has 0 saturated carbocycles. The van der Waals surface area contributed by atoms with Crippen molar-refractivity contribution >= 4 is 29.0 Å². The summed E-state index contributed by atoms with van der Waals surface area (Å²) in [5.41, 5.74) is 3.46. The van der Waals surface area contributed by atoms with Crippen LogP contribution >= 0.6 is 23.2 Å². The molecule has 1 atom stereocenters. The molecule has 1 aromatic heterocycles. The lowest BCUT2D eigenvalue weighted by molar-refractivity contribution is 0.154. The number of benzene rings is 2. The standard InChI is InChI=1S/C21H19Cl2N3O/c22-16-7-3-14(4-8-16)20-21(15-5-9-17(23)10-6-15)25-19(12-24-20)26-11-1-2-18(27)13-26/h3-10,12,18,27H,1-2,11,13H2. The summed E-state index contributed by atoms with van der Waals surface area (Å²) < 4.78 is 0. The Morgan fingerprint density at radius 1 is 0.889 bits per heavy atom. The summed E-state index contributed by atoms with van der Waals surface area (Å²) in [7, 11) is 0. The topological polar surface area (TPSA) is 49.2 Å². The van der Waals surface area contributed by atoms with Crippen LogP contribution in [0.2, 0.25) is 10.0 Å². The predicted molar refractivity (Wildman–Crippen MR) is 110 cm³/mol. The molecule has 0 radical (unpaired) electrons. The zero-order chi connectivity index (χ0) is 18.8. The molecule has 2 aromatic carbocycles. The Balaban J connectivity index is 1.80. The maximum absolute atomic E-state index is 10.00. The number of piperidine rings is 1. The van der Waals surface area contributed by atoms with Gasteiger partial charge in [-0.1, -0.05) is 47.5 Å². The molecule has 2 heterocycles. The monoisotopic (exact) mass is 399 g/mol. The van der Waals surface area contributed by atoms with Gasteiger partial charge < -0.3 is 10.0 Å². The number of hydrogen-bond acceptors (Lipinski definition) is 4. The first-order valence-electron chi connectivity index (χ1n) is 8.92. The lowest BCUT2D eigenvalue weighted by atomic mass is 10.0. The van der Waals surface area contributed by atoms with Gasteiger partial charge in [-0.15, -0.1) is 0 Å². The van der Waals surface area contributed by atoms with Crippen molar-refractivity contribution in [1.82, 2.24) is 9.97 Å². The van der Waals surface area contributed by atoms with Crippen LogP contribution in [-0.4, -0.2) is 34.3 Å². The molecule has 138 valence electrons. The molecule has 0 spiro atoms. The molecule has 1 unspecified atom stereocenters. The molecule has 0 bridgehead atoms. The minimum Gasteiger partial charge on any atom is -0.391 e. The number of aliphatic hydroxyl groups is 1. The molecular formula is C21H19Cl2N3O. The highest BCUT2D eigenvalue weighted by Gasteiger charge is 2.21. The van der Waals surface area contributed by atoms with Crippen molar-refractivity contribution in [2.75, 3.05) is 18.0 Å². The Morgan fingerprint density at radius 2 is 1.48 bits per heavy atom. The second kappa shape index (κ2) is 7.85. The van der Waals surface area contributed by atoms with E-state index in [-0.39, 0.29) is 6.10 Å². The molecule has 1 N–H and O–H groups in total. The van der Waals surface area contributed by atoms with Crippen LogP contribution in [0.5, 0.6) is 0 Å². The van der Waals surface area contributed by atoms with Gasteiger partial charge in [-0.05, 0) is 37.1 Å². The van der Waals surface area contributed by atoms with Crippen molar-refractivity contribution in [2.45, 2.75) is 18.9 Å². The zero-order valence-electron chi connectivity index (χ0n) is 14.6. The number of aliphatic hydroxyl groups excluding tert-OH is 1. The molecule has 0 amide bonds. The van der Waals surface area contributed by atoms with Gasteiger partial charge in [0, 0.05) is 34.3 Å². The van der Waals surface area contributed by atoms with Crippen molar-refractivity contribution in [2.24, 2.45) is 0 Å². The van der Waals surface area contributed by atoms with Crippen LogP contribution in [0, 0.1) is 0 Å². The highest BCUT2D eigenvalue weighted by Crippen LogP contribution is 2.32. The Labute approximate surface area is 168 Å². The molecule has 0 aliphatic carbocycles. The fourth-order valence-electron chi connectivity index (χ4n) is 3.32. The number of aromatic nitrogens is 2. The first-order valence-corrected chi connectivity index (χ1v) is 9.68. The van der Waals surface area contributed by atoms with Gasteiger partial charge in [0.05, 0.1) is 23.7 Å². The van der Waals surface area contributed by atoms with Crippen LogP contribution in [0.4, 0.5) is 5.82 Å². The number of anilines is 1. The molecular weight excluding hydrogens is 381 g/mol. The molecule has 3 aromatic rings. The Hall–Kier alpha value is -2.14. The van der Waals surface area contributed by atoms with E-state index in [0.29, 0.717) is 16.6 Å².